The van der Waals surface area contributed by atoms with Crippen LogP contribution in [0.4, 0.5) is 14.5 Å². The SMILES string of the molecule is O=C([C@H]1C[C@H]1c1c(F)cccc1F)N1CCOc2ccncc21. The molecule has 0 radical (unpaired) electrons. The minimum Gasteiger partial charge on any atom is -0.489 e. The Morgan fingerprint density at radius 3 is 2.83 bits per heavy atom. The molecule has 2 aromatic rings. The van der Waals surface area contributed by atoms with Gasteiger partial charge in [-0.25, -0.2) is 8.78 Å². The molecule has 4 rings (SSSR count). The number of rotatable bonds is 2. The van der Waals surface area contributed by atoms with E-state index in [1.54, 1.807) is 23.4 Å². The van der Waals surface area contributed by atoms with Gasteiger partial charge in [0.15, 0.2) is 0 Å². The minimum atomic E-state index is -0.589. The number of hydrogen-bond donors (Lipinski definition) is 0. The van der Waals surface area contributed by atoms with Crippen molar-refractivity contribution in [1.82, 2.24) is 4.98 Å². The molecule has 0 bridgehead atoms. The van der Waals surface area contributed by atoms with E-state index in [1.165, 1.54) is 18.2 Å². The smallest absolute Gasteiger partial charge is 0.231 e. The number of aromatic nitrogens is 1. The van der Waals surface area contributed by atoms with E-state index in [1.807, 2.05) is 0 Å². The number of amides is 1. The molecule has 118 valence electrons. The van der Waals surface area contributed by atoms with Crippen LogP contribution in [0.1, 0.15) is 17.9 Å². The summed E-state index contributed by atoms with van der Waals surface area (Å²) < 4.78 is 33.2. The molecule has 23 heavy (non-hydrogen) atoms. The predicted molar refractivity (Wildman–Crippen MR) is 79.3 cm³/mol. The molecule has 2 heterocycles. The Morgan fingerprint density at radius 2 is 2.04 bits per heavy atom. The van der Waals surface area contributed by atoms with Gasteiger partial charge in [-0.15, -0.1) is 0 Å². The van der Waals surface area contributed by atoms with Gasteiger partial charge in [-0.1, -0.05) is 6.07 Å². The maximum Gasteiger partial charge on any atom is 0.231 e. The fraction of sp³-hybridized carbons (Fsp3) is 0.294. The lowest BCUT2D eigenvalue weighted by Crippen LogP contribution is -2.39. The Labute approximate surface area is 131 Å². The Bertz CT molecular complexity index is 761. The van der Waals surface area contributed by atoms with Gasteiger partial charge >= 0.3 is 0 Å². The van der Waals surface area contributed by atoms with Crippen molar-refractivity contribution in [2.75, 3.05) is 18.1 Å². The van der Waals surface area contributed by atoms with Gasteiger partial charge in [-0.2, -0.15) is 0 Å². The maximum atomic E-state index is 13.9. The van der Waals surface area contributed by atoms with Gasteiger partial charge in [0.25, 0.3) is 0 Å². The molecule has 1 aliphatic carbocycles. The summed E-state index contributed by atoms with van der Waals surface area (Å²) in [6.45, 7) is 0.814. The monoisotopic (exact) mass is 316 g/mol. The number of pyridine rings is 1. The van der Waals surface area contributed by atoms with E-state index < -0.39 is 23.5 Å². The highest BCUT2D eigenvalue weighted by molar-refractivity contribution is 5.98. The maximum absolute atomic E-state index is 13.9. The van der Waals surface area contributed by atoms with Gasteiger partial charge in [0.1, 0.15) is 29.7 Å². The first-order chi connectivity index (χ1) is 11.2. The third-order valence-electron chi connectivity index (χ3n) is 4.37. The zero-order chi connectivity index (χ0) is 16.0. The summed E-state index contributed by atoms with van der Waals surface area (Å²) in [6, 6.07) is 5.49. The number of ether oxygens (including phenoxy) is 1. The molecule has 2 atom stereocenters. The van der Waals surface area contributed by atoms with Crippen LogP contribution in [-0.4, -0.2) is 24.0 Å². The molecule has 0 saturated heterocycles. The predicted octanol–water partition coefficient (Wildman–Crippen LogP) is 2.89. The molecule has 0 N–H and O–H groups in total. The molecule has 1 aromatic heterocycles. The Hall–Kier alpha value is -2.50. The normalized spacial score (nSPS) is 22.3. The molecule has 0 unspecified atom stereocenters. The average Bonchev–Trinajstić information content (AvgIpc) is 3.34. The zero-order valence-corrected chi connectivity index (χ0v) is 12.2. The van der Waals surface area contributed by atoms with E-state index in [-0.39, 0.29) is 11.5 Å². The molecule has 1 aliphatic heterocycles. The summed E-state index contributed by atoms with van der Waals surface area (Å²) in [5.74, 6) is -1.49. The number of halogens is 2. The van der Waals surface area contributed by atoms with E-state index in [0.717, 1.165) is 0 Å². The van der Waals surface area contributed by atoms with Crippen LogP contribution in [0.15, 0.2) is 36.7 Å². The van der Waals surface area contributed by atoms with Crippen LogP contribution in [0.25, 0.3) is 0 Å². The van der Waals surface area contributed by atoms with Crippen LogP contribution in [-0.2, 0) is 4.79 Å². The second kappa shape index (κ2) is 5.30. The van der Waals surface area contributed by atoms with Gasteiger partial charge in [-0.3, -0.25) is 9.78 Å². The standard InChI is InChI=1S/C17H14F2N2O2/c18-12-2-1-3-13(19)16(12)10-8-11(10)17(22)21-6-7-23-15-4-5-20-9-14(15)21/h1-5,9-11H,6-8H2/t10-,11+/m1/s1. The molecular weight excluding hydrogens is 302 g/mol. The first-order valence-corrected chi connectivity index (χ1v) is 7.49. The van der Waals surface area contributed by atoms with E-state index >= 15 is 0 Å². The van der Waals surface area contributed by atoms with Gasteiger partial charge in [0, 0.05) is 29.7 Å². The lowest BCUT2D eigenvalue weighted by molar-refractivity contribution is -0.120. The molecule has 1 amide bonds. The van der Waals surface area contributed by atoms with Crippen LogP contribution >= 0.6 is 0 Å². The van der Waals surface area contributed by atoms with Crippen LogP contribution in [0.5, 0.6) is 5.75 Å². The number of nitrogens with zero attached hydrogens (tertiary/aromatic N) is 2. The summed E-state index contributed by atoms with van der Waals surface area (Å²) in [4.78, 5) is 18.4. The molecule has 1 aromatic carbocycles. The lowest BCUT2D eigenvalue weighted by Gasteiger charge is -2.29. The van der Waals surface area contributed by atoms with Crippen molar-refractivity contribution in [2.24, 2.45) is 5.92 Å². The first-order valence-electron chi connectivity index (χ1n) is 7.49. The van der Waals surface area contributed by atoms with Gasteiger partial charge < -0.3 is 9.64 Å². The fourth-order valence-electron chi connectivity index (χ4n) is 3.15. The minimum absolute atomic E-state index is 0.0190. The average molecular weight is 316 g/mol. The number of anilines is 1. The van der Waals surface area contributed by atoms with Crippen molar-refractivity contribution in [1.29, 1.82) is 0 Å². The van der Waals surface area contributed by atoms with Crippen LogP contribution in [0.2, 0.25) is 0 Å². The topological polar surface area (TPSA) is 42.4 Å². The van der Waals surface area contributed by atoms with E-state index in [9.17, 15) is 13.6 Å². The number of carbonyl (C=O) groups is 1. The summed E-state index contributed by atoms with van der Waals surface area (Å²) in [5.41, 5.74) is 0.633. The molecule has 6 heteroatoms. The van der Waals surface area contributed by atoms with Crippen molar-refractivity contribution < 1.29 is 18.3 Å². The first kappa shape index (κ1) is 14.1. The molecule has 1 fully saturated rings. The zero-order valence-electron chi connectivity index (χ0n) is 12.2. The second-order valence-corrected chi connectivity index (χ2v) is 5.77. The van der Waals surface area contributed by atoms with Gasteiger partial charge in [-0.05, 0) is 18.6 Å². The van der Waals surface area contributed by atoms with E-state index in [0.29, 0.717) is 31.0 Å². The third kappa shape index (κ3) is 2.34. The summed E-state index contributed by atoms with van der Waals surface area (Å²) >= 11 is 0. The number of carbonyl (C=O) groups excluding carboxylic acids is 1. The Balaban J connectivity index is 1.59. The van der Waals surface area contributed by atoms with Crippen molar-refractivity contribution in [2.45, 2.75) is 12.3 Å². The summed E-state index contributed by atoms with van der Waals surface area (Å²) in [5, 5.41) is 0. The van der Waals surface area contributed by atoms with Gasteiger partial charge in [0.2, 0.25) is 5.91 Å². The van der Waals surface area contributed by atoms with E-state index in [2.05, 4.69) is 4.98 Å². The van der Waals surface area contributed by atoms with Crippen LogP contribution < -0.4 is 9.64 Å². The quantitative estimate of drug-likeness (QED) is 0.855. The van der Waals surface area contributed by atoms with Crippen LogP contribution in [0.3, 0.4) is 0 Å². The second-order valence-electron chi connectivity index (χ2n) is 5.77. The summed E-state index contributed by atoms with van der Waals surface area (Å²) in [6.07, 6.45) is 3.64. The van der Waals surface area contributed by atoms with E-state index in [4.69, 9.17) is 4.74 Å². The number of hydrogen-bond acceptors (Lipinski definition) is 3. The van der Waals surface area contributed by atoms with Crippen LogP contribution in [0, 0.1) is 17.6 Å². The van der Waals surface area contributed by atoms with Gasteiger partial charge in [0.05, 0.1) is 12.7 Å². The molecule has 4 nitrogen and oxygen atoms in total. The van der Waals surface area contributed by atoms with Crippen molar-refractivity contribution in [3.63, 3.8) is 0 Å². The fourth-order valence-corrected chi connectivity index (χ4v) is 3.15. The summed E-state index contributed by atoms with van der Waals surface area (Å²) in [7, 11) is 0. The number of benzene rings is 1. The highest BCUT2D eigenvalue weighted by atomic mass is 19.1. The highest BCUT2D eigenvalue weighted by Crippen LogP contribution is 2.51. The third-order valence-corrected chi connectivity index (χ3v) is 4.37. The van der Waals surface area contributed by atoms with Crippen molar-refractivity contribution in [3.8, 4) is 5.75 Å². The lowest BCUT2D eigenvalue weighted by atomic mass is 10.1. The van der Waals surface area contributed by atoms with Crippen molar-refractivity contribution >= 4 is 11.6 Å². The highest BCUT2D eigenvalue weighted by Gasteiger charge is 2.49. The molecule has 2 aliphatic rings. The largest absolute Gasteiger partial charge is 0.489 e. The molecule has 1 saturated carbocycles. The molecular formula is C17H14F2N2O2. The van der Waals surface area contributed by atoms with Crippen molar-refractivity contribution in [3.05, 3.63) is 53.9 Å². The Kier molecular flexibility index (Phi) is 3.25. The Morgan fingerprint density at radius 1 is 1.26 bits per heavy atom. The molecule has 0 spiro atoms. The number of fused-ring (bicyclic) bond motifs is 1.